The van der Waals surface area contributed by atoms with Gasteiger partial charge in [0, 0.05) is 5.56 Å². The Balaban J connectivity index is 2.01. The summed E-state index contributed by atoms with van der Waals surface area (Å²) in [5.74, 6) is 0.709. The van der Waals surface area contributed by atoms with Crippen LogP contribution >= 0.6 is 0 Å². The molecule has 0 bridgehead atoms. The van der Waals surface area contributed by atoms with Crippen LogP contribution in [-0.2, 0) is 0 Å². The van der Waals surface area contributed by atoms with Gasteiger partial charge in [0.15, 0.2) is 5.78 Å². The van der Waals surface area contributed by atoms with Gasteiger partial charge in [-0.3, -0.25) is 4.79 Å². The van der Waals surface area contributed by atoms with Crippen LogP contribution in [0.25, 0.3) is 6.08 Å². The van der Waals surface area contributed by atoms with Gasteiger partial charge >= 0.3 is 0 Å². The van der Waals surface area contributed by atoms with Crippen LogP contribution < -0.4 is 4.74 Å². The van der Waals surface area contributed by atoms with E-state index in [-0.39, 0.29) is 5.78 Å². The van der Waals surface area contributed by atoms with Crippen LogP contribution in [0, 0.1) is 11.3 Å². The minimum Gasteiger partial charge on any atom is -0.494 e. The van der Waals surface area contributed by atoms with Crippen molar-refractivity contribution in [3.05, 3.63) is 71.3 Å². The summed E-state index contributed by atoms with van der Waals surface area (Å²) in [6.07, 6.45) is 4.22. The maximum Gasteiger partial charge on any atom is 0.185 e. The molecule has 0 radical (unpaired) electrons. The molecule has 0 aliphatic rings. The highest BCUT2D eigenvalue weighted by atomic mass is 16.5. The number of nitriles is 1. The largest absolute Gasteiger partial charge is 0.494 e. The molecule has 0 atom stereocenters. The minimum atomic E-state index is -0.0635. The molecule has 0 amide bonds. The summed E-state index contributed by atoms with van der Waals surface area (Å²) in [5, 5.41) is 8.74. The number of hydrogen-bond acceptors (Lipinski definition) is 3. The number of allylic oxidation sites excluding steroid dienone is 1. The van der Waals surface area contributed by atoms with E-state index in [0.29, 0.717) is 17.7 Å². The molecular weight excluding hydrogens is 274 g/mol. The molecule has 0 saturated heterocycles. The van der Waals surface area contributed by atoms with Gasteiger partial charge in [0.25, 0.3) is 0 Å². The lowest BCUT2D eigenvalue weighted by Gasteiger charge is -2.04. The van der Waals surface area contributed by atoms with Gasteiger partial charge in [-0.2, -0.15) is 5.26 Å². The maximum atomic E-state index is 12.1. The van der Waals surface area contributed by atoms with Crippen LogP contribution in [-0.4, -0.2) is 12.4 Å². The zero-order chi connectivity index (χ0) is 15.8. The van der Waals surface area contributed by atoms with E-state index < -0.39 is 0 Å². The summed E-state index contributed by atoms with van der Waals surface area (Å²) in [5.41, 5.74) is 2.11. The Bertz CT molecular complexity index is 692. The van der Waals surface area contributed by atoms with Gasteiger partial charge in [-0.25, -0.2) is 0 Å². The molecule has 0 N–H and O–H groups in total. The third kappa shape index (κ3) is 4.32. The lowest BCUT2D eigenvalue weighted by atomic mass is 10.1. The SMILES string of the molecule is CCCOc1ccc(C(=O)/C=C/c2ccc(C#N)cc2)cc1. The molecule has 22 heavy (non-hydrogen) atoms. The van der Waals surface area contributed by atoms with Gasteiger partial charge in [-0.1, -0.05) is 25.1 Å². The molecule has 3 nitrogen and oxygen atoms in total. The molecule has 0 aliphatic heterocycles. The number of benzene rings is 2. The Morgan fingerprint density at radius 2 is 1.82 bits per heavy atom. The van der Waals surface area contributed by atoms with E-state index in [4.69, 9.17) is 10.00 Å². The van der Waals surface area contributed by atoms with Crippen molar-refractivity contribution in [1.29, 1.82) is 5.26 Å². The molecule has 2 rings (SSSR count). The summed E-state index contributed by atoms with van der Waals surface area (Å²) >= 11 is 0. The molecule has 0 spiro atoms. The molecule has 0 saturated carbocycles. The van der Waals surface area contributed by atoms with Crippen LogP contribution in [0.1, 0.15) is 34.8 Å². The molecule has 0 fully saturated rings. The van der Waals surface area contributed by atoms with Crippen molar-refractivity contribution in [3.8, 4) is 11.8 Å². The first-order valence-corrected chi connectivity index (χ1v) is 7.18. The van der Waals surface area contributed by atoms with Gasteiger partial charge in [-0.05, 0) is 54.5 Å². The standard InChI is InChI=1S/C19H17NO2/c1-2-13-22-18-10-8-17(9-11-18)19(21)12-7-15-3-5-16(14-20)6-4-15/h3-12H,2,13H2,1H3/b12-7+. The second kappa shape index (κ2) is 7.80. The monoisotopic (exact) mass is 291 g/mol. The van der Waals surface area contributed by atoms with Crippen molar-refractivity contribution in [2.45, 2.75) is 13.3 Å². The van der Waals surface area contributed by atoms with Crippen molar-refractivity contribution in [2.24, 2.45) is 0 Å². The lowest BCUT2D eigenvalue weighted by molar-refractivity contribution is 0.104. The molecule has 2 aromatic carbocycles. The second-order valence-corrected chi connectivity index (χ2v) is 4.80. The zero-order valence-corrected chi connectivity index (χ0v) is 12.5. The first-order chi connectivity index (χ1) is 10.7. The fourth-order valence-corrected chi connectivity index (χ4v) is 1.87. The predicted molar refractivity (Wildman–Crippen MR) is 86.7 cm³/mol. The van der Waals surface area contributed by atoms with E-state index in [0.717, 1.165) is 17.7 Å². The number of rotatable bonds is 6. The van der Waals surface area contributed by atoms with Crippen LogP contribution in [0.2, 0.25) is 0 Å². The van der Waals surface area contributed by atoms with Crippen molar-refractivity contribution in [1.82, 2.24) is 0 Å². The van der Waals surface area contributed by atoms with Crippen LogP contribution in [0.4, 0.5) is 0 Å². The molecule has 110 valence electrons. The number of ether oxygens (including phenoxy) is 1. The van der Waals surface area contributed by atoms with Crippen molar-refractivity contribution in [3.63, 3.8) is 0 Å². The number of nitrogens with zero attached hydrogens (tertiary/aromatic N) is 1. The maximum absolute atomic E-state index is 12.1. The van der Waals surface area contributed by atoms with E-state index in [9.17, 15) is 4.79 Å². The van der Waals surface area contributed by atoms with Gasteiger partial charge in [0.05, 0.1) is 18.2 Å². The molecule has 0 unspecified atom stereocenters. The van der Waals surface area contributed by atoms with E-state index in [1.165, 1.54) is 6.08 Å². The predicted octanol–water partition coefficient (Wildman–Crippen LogP) is 4.24. The molecule has 2 aromatic rings. The number of carbonyl (C=O) groups is 1. The van der Waals surface area contributed by atoms with E-state index >= 15 is 0 Å². The second-order valence-electron chi connectivity index (χ2n) is 4.80. The average Bonchev–Trinajstić information content (AvgIpc) is 2.58. The molecule has 3 heteroatoms. The quantitative estimate of drug-likeness (QED) is 0.590. The van der Waals surface area contributed by atoms with Crippen molar-refractivity contribution in [2.75, 3.05) is 6.61 Å². The summed E-state index contributed by atoms with van der Waals surface area (Å²) in [6, 6.07) is 16.3. The van der Waals surface area contributed by atoms with Gasteiger partial charge in [0.2, 0.25) is 0 Å². The summed E-state index contributed by atoms with van der Waals surface area (Å²) in [7, 11) is 0. The van der Waals surface area contributed by atoms with Gasteiger partial charge in [0.1, 0.15) is 5.75 Å². The topological polar surface area (TPSA) is 50.1 Å². The number of carbonyl (C=O) groups excluding carboxylic acids is 1. The Hall–Kier alpha value is -2.86. The Kier molecular flexibility index (Phi) is 5.50. The highest BCUT2D eigenvalue weighted by molar-refractivity contribution is 6.06. The number of hydrogen-bond donors (Lipinski definition) is 0. The molecule has 0 heterocycles. The van der Waals surface area contributed by atoms with Gasteiger partial charge < -0.3 is 4.74 Å². The summed E-state index contributed by atoms with van der Waals surface area (Å²) in [6.45, 7) is 2.72. The van der Waals surface area contributed by atoms with E-state index in [2.05, 4.69) is 6.07 Å². The lowest BCUT2D eigenvalue weighted by Crippen LogP contribution is -1.97. The number of ketones is 1. The van der Waals surface area contributed by atoms with Crippen molar-refractivity contribution < 1.29 is 9.53 Å². The third-order valence-electron chi connectivity index (χ3n) is 3.08. The highest BCUT2D eigenvalue weighted by Gasteiger charge is 2.02. The van der Waals surface area contributed by atoms with E-state index in [1.807, 2.05) is 19.1 Å². The first kappa shape index (κ1) is 15.5. The molecular formula is C19H17NO2. The Labute approximate surface area is 130 Å². The molecule has 0 aromatic heterocycles. The minimum absolute atomic E-state index is 0.0635. The fourth-order valence-electron chi connectivity index (χ4n) is 1.87. The smallest absolute Gasteiger partial charge is 0.185 e. The summed E-state index contributed by atoms with van der Waals surface area (Å²) in [4.78, 5) is 12.1. The normalized spacial score (nSPS) is 10.4. The Morgan fingerprint density at radius 3 is 2.41 bits per heavy atom. The van der Waals surface area contributed by atoms with Crippen molar-refractivity contribution >= 4 is 11.9 Å². The van der Waals surface area contributed by atoms with Crippen LogP contribution in [0.15, 0.2) is 54.6 Å². The average molecular weight is 291 g/mol. The highest BCUT2D eigenvalue weighted by Crippen LogP contribution is 2.14. The van der Waals surface area contributed by atoms with Crippen LogP contribution in [0.5, 0.6) is 5.75 Å². The fraction of sp³-hybridized carbons (Fsp3) is 0.158. The first-order valence-electron chi connectivity index (χ1n) is 7.18. The van der Waals surface area contributed by atoms with Crippen LogP contribution in [0.3, 0.4) is 0 Å². The van der Waals surface area contributed by atoms with E-state index in [1.54, 1.807) is 42.5 Å². The van der Waals surface area contributed by atoms with Gasteiger partial charge in [-0.15, -0.1) is 0 Å². The zero-order valence-electron chi connectivity index (χ0n) is 12.5. The third-order valence-corrected chi connectivity index (χ3v) is 3.08. The Morgan fingerprint density at radius 1 is 1.14 bits per heavy atom. The molecule has 0 aliphatic carbocycles. The summed E-state index contributed by atoms with van der Waals surface area (Å²) < 4.78 is 5.49.